The second-order valence-corrected chi connectivity index (χ2v) is 4.68. The molecule has 0 aliphatic heterocycles. The van der Waals surface area contributed by atoms with Crippen LogP contribution in [-0.2, 0) is 5.88 Å². The van der Waals surface area contributed by atoms with E-state index in [2.05, 4.69) is 0 Å². The van der Waals surface area contributed by atoms with Gasteiger partial charge in [-0.2, -0.15) is 0 Å². The summed E-state index contributed by atoms with van der Waals surface area (Å²) in [5, 5.41) is 0. The van der Waals surface area contributed by atoms with Crippen LogP contribution in [0.15, 0.2) is 24.3 Å². The number of carbonyl (C=O) groups excluding carboxylic acids is 1. The van der Waals surface area contributed by atoms with Crippen molar-refractivity contribution in [2.24, 2.45) is 5.41 Å². The Labute approximate surface area is 90.1 Å². The molecule has 0 saturated heterocycles. The van der Waals surface area contributed by atoms with Crippen molar-refractivity contribution in [3.8, 4) is 0 Å². The van der Waals surface area contributed by atoms with Gasteiger partial charge in [0.15, 0.2) is 5.78 Å². The number of hydrogen-bond donors (Lipinski definition) is 0. The number of Topliss-reactive ketones (excluding diaryl/α,β-unsaturated/α-hetero) is 1. The zero-order chi connectivity index (χ0) is 10.8. The van der Waals surface area contributed by atoms with E-state index in [0.717, 1.165) is 11.1 Å². The van der Waals surface area contributed by atoms with Crippen molar-refractivity contribution in [2.45, 2.75) is 26.7 Å². The quantitative estimate of drug-likeness (QED) is 0.538. The topological polar surface area (TPSA) is 17.1 Å². The minimum atomic E-state index is -0.328. The number of ketones is 1. The van der Waals surface area contributed by atoms with E-state index in [0.29, 0.717) is 5.88 Å². The molecule has 0 saturated carbocycles. The van der Waals surface area contributed by atoms with Gasteiger partial charge < -0.3 is 0 Å². The third kappa shape index (κ3) is 2.58. The second kappa shape index (κ2) is 4.14. The molecule has 0 atom stereocenters. The average Bonchev–Trinajstić information content (AvgIpc) is 2.15. The van der Waals surface area contributed by atoms with Crippen LogP contribution in [0.1, 0.15) is 36.7 Å². The van der Waals surface area contributed by atoms with Crippen LogP contribution in [0, 0.1) is 5.41 Å². The van der Waals surface area contributed by atoms with Crippen LogP contribution in [0.4, 0.5) is 0 Å². The Morgan fingerprint density at radius 3 is 2.50 bits per heavy atom. The first-order valence-corrected chi connectivity index (χ1v) is 5.18. The molecular formula is C12H15ClO. The lowest BCUT2D eigenvalue weighted by atomic mass is 9.86. The molecule has 76 valence electrons. The lowest BCUT2D eigenvalue weighted by Crippen LogP contribution is -2.20. The fourth-order valence-corrected chi connectivity index (χ4v) is 1.39. The molecule has 0 aliphatic rings. The molecular weight excluding hydrogens is 196 g/mol. The molecule has 2 heteroatoms. The lowest BCUT2D eigenvalue weighted by molar-refractivity contribution is 0.0858. The standard InChI is InChI=1S/C12H15ClO/c1-12(2,3)11(14)10-6-4-5-9(7-10)8-13/h4-7H,8H2,1-3H3. The largest absolute Gasteiger partial charge is 0.294 e. The monoisotopic (exact) mass is 210 g/mol. The first kappa shape index (κ1) is 11.3. The third-order valence-electron chi connectivity index (χ3n) is 2.02. The summed E-state index contributed by atoms with van der Waals surface area (Å²) in [5.41, 5.74) is 1.41. The first-order valence-electron chi connectivity index (χ1n) is 4.65. The summed E-state index contributed by atoms with van der Waals surface area (Å²) in [4.78, 5) is 11.9. The summed E-state index contributed by atoms with van der Waals surface area (Å²) in [7, 11) is 0. The number of alkyl halides is 1. The van der Waals surface area contributed by atoms with E-state index < -0.39 is 0 Å². The van der Waals surface area contributed by atoms with Gasteiger partial charge in [-0.25, -0.2) is 0 Å². The minimum absolute atomic E-state index is 0.157. The normalized spacial score (nSPS) is 11.4. The molecule has 0 spiro atoms. The molecule has 1 aromatic carbocycles. The first-order chi connectivity index (χ1) is 6.45. The Morgan fingerprint density at radius 1 is 1.36 bits per heavy atom. The van der Waals surface area contributed by atoms with E-state index in [9.17, 15) is 4.79 Å². The SMILES string of the molecule is CC(C)(C)C(=O)c1cccc(CCl)c1. The maximum absolute atomic E-state index is 11.9. The predicted octanol–water partition coefficient (Wildman–Crippen LogP) is 3.65. The van der Waals surface area contributed by atoms with Crippen molar-refractivity contribution in [3.63, 3.8) is 0 Å². The van der Waals surface area contributed by atoms with E-state index in [4.69, 9.17) is 11.6 Å². The molecule has 0 unspecified atom stereocenters. The van der Waals surface area contributed by atoms with Gasteiger partial charge in [0.2, 0.25) is 0 Å². The fourth-order valence-electron chi connectivity index (χ4n) is 1.23. The summed E-state index contributed by atoms with van der Waals surface area (Å²) in [6.45, 7) is 5.76. The Bertz CT molecular complexity index is 336. The van der Waals surface area contributed by atoms with E-state index in [-0.39, 0.29) is 11.2 Å². The number of halogens is 1. The molecule has 0 bridgehead atoms. The lowest BCUT2D eigenvalue weighted by Gasteiger charge is -2.16. The molecule has 1 rings (SSSR count). The van der Waals surface area contributed by atoms with Crippen molar-refractivity contribution in [3.05, 3.63) is 35.4 Å². The van der Waals surface area contributed by atoms with Crippen molar-refractivity contribution in [1.29, 1.82) is 0 Å². The van der Waals surface area contributed by atoms with Crippen LogP contribution in [-0.4, -0.2) is 5.78 Å². The van der Waals surface area contributed by atoms with Gasteiger partial charge in [0.25, 0.3) is 0 Å². The van der Waals surface area contributed by atoms with Crippen molar-refractivity contribution in [2.75, 3.05) is 0 Å². The molecule has 0 N–H and O–H groups in total. The maximum atomic E-state index is 11.9. The Morgan fingerprint density at radius 2 is 2.00 bits per heavy atom. The van der Waals surface area contributed by atoms with E-state index in [1.807, 2.05) is 45.0 Å². The summed E-state index contributed by atoms with van der Waals surface area (Å²) >= 11 is 5.71. The van der Waals surface area contributed by atoms with E-state index in [1.165, 1.54) is 0 Å². The van der Waals surface area contributed by atoms with Gasteiger partial charge in [-0.1, -0.05) is 39.0 Å². The van der Waals surface area contributed by atoms with Gasteiger partial charge >= 0.3 is 0 Å². The number of benzene rings is 1. The van der Waals surface area contributed by atoms with Gasteiger partial charge in [-0.15, -0.1) is 11.6 Å². The van der Waals surface area contributed by atoms with Crippen LogP contribution >= 0.6 is 11.6 Å². The van der Waals surface area contributed by atoms with Crippen molar-refractivity contribution in [1.82, 2.24) is 0 Å². The van der Waals surface area contributed by atoms with Crippen molar-refractivity contribution >= 4 is 17.4 Å². The van der Waals surface area contributed by atoms with Gasteiger partial charge in [0.1, 0.15) is 0 Å². The van der Waals surface area contributed by atoms with Crippen LogP contribution in [0.3, 0.4) is 0 Å². The zero-order valence-electron chi connectivity index (χ0n) is 8.80. The van der Waals surface area contributed by atoms with Crippen LogP contribution in [0.5, 0.6) is 0 Å². The molecule has 0 fully saturated rings. The summed E-state index contributed by atoms with van der Waals surface area (Å²) in [6.07, 6.45) is 0. The predicted molar refractivity (Wildman–Crippen MR) is 59.8 cm³/mol. The molecule has 0 radical (unpaired) electrons. The number of rotatable bonds is 2. The van der Waals surface area contributed by atoms with E-state index in [1.54, 1.807) is 0 Å². The smallest absolute Gasteiger partial charge is 0.168 e. The summed E-state index contributed by atoms with van der Waals surface area (Å²) in [5.74, 6) is 0.607. The average molecular weight is 211 g/mol. The van der Waals surface area contributed by atoms with Gasteiger partial charge in [-0.3, -0.25) is 4.79 Å². The summed E-state index contributed by atoms with van der Waals surface area (Å²) < 4.78 is 0. The van der Waals surface area contributed by atoms with Gasteiger partial charge in [0, 0.05) is 16.9 Å². The van der Waals surface area contributed by atoms with Crippen molar-refractivity contribution < 1.29 is 4.79 Å². The zero-order valence-corrected chi connectivity index (χ0v) is 9.56. The highest BCUT2D eigenvalue weighted by Gasteiger charge is 2.22. The maximum Gasteiger partial charge on any atom is 0.168 e. The Balaban J connectivity index is 3.02. The molecule has 0 aromatic heterocycles. The molecule has 1 nitrogen and oxygen atoms in total. The number of carbonyl (C=O) groups is 1. The Kier molecular flexibility index (Phi) is 3.33. The molecule has 14 heavy (non-hydrogen) atoms. The van der Waals surface area contributed by atoms with E-state index >= 15 is 0 Å². The van der Waals surface area contributed by atoms with Gasteiger partial charge in [0.05, 0.1) is 0 Å². The van der Waals surface area contributed by atoms with Gasteiger partial charge in [-0.05, 0) is 11.6 Å². The minimum Gasteiger partial charge on any atom is -0.294 e. The molecule has 0 heterocycles. The highest BCUT2D eigenvalue weighted by Crippen LogP contribution is 2.21. The highest BCUT2D eigenvalue weighted by atomic mass is 35.5. The number of hydrogen-bond acceptors (Lipinski definition) is 1. The molecule has 0 amide bonds. The fraction of sp³-hybridized carbons (Fsp3) is 0.417. The second-order valence-electron chi connectivity index (χ2n) is 4.41. The highest BCUT2D eigenvalue weighted by molar-refractivity contribution is 6.17. The summed E-state index contributed by atoms with van der Waals surface area (Å²) in [6, 6.07) is 7.49. The molecule has 1 aromatic rings. The van der Waals surface area contributed by atoms with Crippen LogP contribution in [0.2, 0.25) is 0 Å². The van der Waals surface area contributed by atoms with Crippen LogP contribution in [0.25, 0.3) is 0 Å². The Hall–Kier alpha value is -0.820. The third-order valence-corrected chi connectivity index (χ3v) is 2.33. The van der Waals surface area contributed by atoms with Crippen LogP contribution < -0.4 is 0 Å². The molecule has 0 aliphatic carbocycles.